The van der Waals surface area contributed by atoms with Gasteiger partial charge in [0.05, 0.1) is 10.6 Å². The number of hydrogen-bond acceptors (Lipinski definition) is 4. The summed E-state index contributed by atoms with van der Waals surface area (Å²) in [6, 6.07) is 0. The summed E-state index contributed by atoms with van der Waals surface area (Å²) in [6.45, 7) is 2.14. The van der Waals surface area contributed by atoms with E-state index in [1.54, 1.807) is 11.3 Å². The number of aromatic nitrogens is 3. The van der Waals surface area contributed by atoms with Crippen molar-refractivity contribution in [2.24, 2.45) is 0 Å². The molecule has 5 heteroatoms. The maximum absolute atomic E-state index is 6.09. The van der Waals surface area contributed by atoms with Gasteiger partial charge in [-0.05, 0) is 31.2 Å². The molecule has 0 unspecified atom stereocenters. The molecule has 3 N–H and O–H groups in total. The van der Waals surface area contributed by atoms with Crippen molar-refractivity contribution in [2.75, 3.05) is 5.73 Å². The fourth-order valence-corrected chi connectivity index (χ4v) is 3.58. The van der Waals surface area contributed by atoms with Crippen LogP contribution < -0.4 is 5.73 Å². The first-order valence-corrected chi connectivity index (χ1v) is 6.93. The molecule has 0 radical (unpaired) electrons. The third kappa shape index (κ3) is 1.74. The van der Waals surface area contributed by atoms with Crippen LogP contribution in [0.4, 0.5) is 5.00 Å². The third-order valence-electron chi connectivity index (χ3n) is 3.19. The van der Waals surface area contributed by atoms with Crippen molar-refractivity contribution >= 4 is 16.3 Å². The van der Waals surface area contributed by atoms with Crippen molar-refractivity contribution in [1.82, 2.24) is 15.2 Å². The highest BCUT2D eigenvalue weighted by atomic mass is 32.1. The van der Waals surface area contributed by atoms with Gasteiger partial charge < -0.3 is 5.73 Å². The first-order chi connectivity index (χ1) is 8.29. The number of rotatable bonds is 3. The second kappa shape index (κ2) is 4.14. The van der Waals surface area contributed by atoms with Gasteiger partial charge in [0.15, 0.2) is 5.82 Å². The molecule has 2 aromatic heterocycles. The lowest BCUT2D eigenvalue weighted by atomic mass is 10.1. The van der Waals surface area contributed by atoms with Gasteiger partial charge in [0.1, 0.15) is 5.82 Å². The Bertz CT molecular complexity index is 541. The van der Waals surface area contributed by atoms with Gasteiger partial charge in [0.25, 0.3) is 0 Å². The van der Waals surface area contributed by atoms with Gasteiger partial charge in [-0.15, -0.1) is 11.3 Å². The molecule has 0 aromatic carbocycles. The van der Waals surface area contributed by atoms with Gasteiger partial charge in [-0.25, -0.2) is 4.98 Å². The lowest BCUT2D eigenvalue weighted by molar-refractivity contribution is 0.841. The van der Waals surface area contributed by atoms with Gasteiger partial charge in [-0.2, -0.15) is 5.10 Å². The van der Waals surface area contributed by atoms with Crippen LogP contribution in [0.5, 0.6) is 0 Å². The number of thiophene rings is 1. The minimum atomic E-state index is 0.783. The molecule has 0 atom stereocenters. The maximum Gasteiger partial charge on any atom is 0.184 e. The predicted molar refractivity (Wildman–Crippen MR) is 70.1 cm³/mol. The highest BCUT2D eigenvalue weighted by Crippen LogP contribution is 2.42. The van der Waals surface area contributed by atoms with Crippen LogP contribution in [0.2, 0.25) is 0 Å². The molecular formula is C12H16N4S. The summed E-state index contributed by atoms with van der Waals surface area (Å²) >= 11 is 1.70. The maximum atomic E-state index is 6.09. The monoisotopic (exact) mass is 248 g/mol. The SMILES string of the molecule is CCCc1nc(-c2c(N)sc3c2CCC3)n[nH]1. The topological polar surface area (TPSA) is 67.6 Å². The van der Waals surface area contributed by atoms with Crippen molar-refractivity contribution < 1.29 is 0 Å². The van der Waals surface area contributed by atoms with E-state index in [0.717, 1.165) is 47.9 Å². The number of H-pyrrole nitrogens is 1. The van der Waals surface area contributed by atoms with Crippen LogP contribution in [0.25, 0.3) is 11.4 Å². The number of nitrogens with zero attached hydrogens (tertiary/aromatic N) is 2. The average molecular weight is 248 g/mol. The van der Waals surface area contributed by atoms with E-state index in [9.17, 15) is 0 Å². The number of anilines is 1. The predicted octanol–water partition coefficient (Wildman–Crippen LogP) is 2.56. The molecule has 0 aliphatic heterocycles. The largest absolute Gasteiger partial charge is 0.390 e. The molecule has 4 nitrogen and oxygen atoms in total. The molecule has 0 saturated carbocycles. The highest BCUT2D eigenvalue weighted by Gasteiger charge is 2.24. The average Bonchev–Trinajstić information content (AvgIpc) is 2.94. The third-order valence-corrected chi connectivity index (χ3v) is 4.31. The molecule has 90 valence electrons. The van der Waals surface area contributed by atoms with Crippen molar-refractivity contribution in [1.29, 1.82) is 0 Å². The molecule has 0 fully saturated rings. The molecule has 1 aliphatic rings. The number of hydrogen-bond donors (Lipinski definition) is 2. The van der Waals surface area contributed by atoms with Crippen molar-refractivity contribution in [3.63, 3.8) is 0 Å². The molecule has 17 heavy (non-hydrogen) atoms. The number of nitrogen functional groups attached to an aromatic ring is 1. The van der Waals surface area contributed by atoms with E-state index in [1.165, 1.54) is 16.9 Å². The normalized spacial score (nSPS) is 14.2. The molecule has 2 heterocycles. The summed E-state index contributed by atoms with van der Waals surface area (Å²) in [7, 11) is 0. The van der Waals surface area contributed by atoms with E-state index in [0.29, 0.717) is 0 Å². The molecular weight excluding hydrogens is 232 g/mol. The zero-order valence-electron chi connectivity index (χ0n) is 9.92. The molecule has 0 spiro atoms. The fourth-order valence-electron chi connectivity index (χ4n) is 2.43. The van der Waals surface area contributed by atoms with Crippen molar-refractivity contribution in [3.05, 3.63) is 16.3 Å². The van der Waals surface area contributed by atoms with Crippen LogP contribution >= 0.6 is 11.3 Å². The molecule has 1 aliphatic carbocycles. The molecule has 3 rings (SSSR count). The lowest BCUT2D eigenvalue weighted by Crippen LogP contribution is -1.90. The Morgan fingerprint density at radius 3 is 3.12 bits per heavy atom. The Kier molecular flexibility index (Phi) is 2.63. The minimum absolute atomic E-state index is 0.783. The Hall–Kier alpha value is -1.36. The van der Waals surface area contributed by atoms with Crippen molar-refractivity contribution in [3.8, 4) is 11.4 Å². The second-order valence-corrected chi connectivity index (χ2v) is 5.59. The summed E-state index contributed by atoms with van der Waals surface area (Å²) in [6.07, 6.45) is 5.54. The van der Waals surface area contributed by atoms with Crippen LogP contribution in [0.15, 0.2) is 0 Å². The lowest BCUT2D eigenvalue weighted by Gasteiger charge is -1.97. The van der Waals surface area contributed by atoms with Gasteiger partial charge in [-0.3, -0.25) is 5.10 Å². The number of aromatic amines is 1. The number of nitrogens with one attached hydrogen (secondary N) is 1. The standard InChI is InChI=1S/C12H16N4S/c1-2-4-9-14-12(16-15-9)10-7-5-3-6-8(7)17-11(10)13/h2-6,13H2,1H3,(H,14,15,16). The van der Waals surface area contributed by atoms with Gasteiger partial charge in [0, 0.05) is 11.3 Å². The van der Waals surface area contributed by atoms with Crippen molar-refractivity contribution in [2.45, 2.75) is 39.0 Å². The minimum Gasteiger partial charge on any atom is -0.390 e. The summed E-state index contributed by atoms with van der Waals surface area (Å²) in [5.74, 6) is 1.74. The Labute approximate surface area is 104 Å². The molecule has 2 aromatic rings. The van der Waals surface area contributed by atoms with Gasteiger partial charge in [0.2, 0.25) is 0 Å². The summed E-state index contributed by atoms with van der Waals surface area (Å²) in [4.78, 5) is 5.97. The van der Waals surface area contributed by atoms with Gasteiger partial charge in [-0.1, -0.05) is 6.92 Å². The van der Waals surface area contributed by atoms with E-state index in [-0.39, 0.29) is 0 Å². The van der Waals surface area contributed by atoms with Gasteiger partial charge >= 0.3 is 0 Å². The van der Waals surface area contributed by atoms with E-state index in [4.69, 9.17) is 5.73 Å². The zero-order valence-corrected chi connectivity index (χ0v) is 10.7. The first kappa shape index (κ1) is 10.8. The number of nitrogens with two attached hydrogens (primary N) is 1. The van der Waals surface area contributed by atoms with E-state index >= 15 is 0 Å². The molecule has 0 saturated heterocycles. The Morgan fingerprint density at radius 2 is 2.29 bits per heavy atom. The van der Waals surface area contributed by atoms with Crippen LogP contribution in [-0.2, 0) is 19.3 Å². The Balaban J connectivity index is 2.02. The van der Waals surface area contributed by atoms with Crippen LogP contribution in [-0.4, -0.2) is 15.2 Å². The van der Waals surface area contributed by atoms with E-state index < -0.39 is 0 Å². The van der Waals surface area contributed by atoms with Crippen LogP contribution in [0, 0.1) is 0 Å². The summed E-state index contributed by atoms with van der Waals surface area (Å²) in [5.41, 5.74) is 8.56. The zero-order chi connectivity index (χ0) is 11.8. The van der Waals surface area contributed by atoms with Crippen LogP contribution in [0.1, 0.15) is 36.0 Å². The molecule has 0 bridgehead atoms. The summed E-state index contributed by atoms with van der Waals surface area (Å²) in [5, 5.41) is 8.18. The summed E-state index contributed by atoms with van der Waals surface area (Å²) < 4.78 is 0. The van der Waals surface area contributed by atoms with E-state index in [2.05, 4.69) is 22.1 Å². The number of fused-ring (bicyclic) bond motifs is 1. The van der Waals surface area contributed by atoms with Crippen LogP contribution in [0.3, 0.4) is 0 Å². The highest BCUT2D eigenvalue weighted by molar-refractivity contribution is 7.16. The Morgan fingerprint density at radius 1 is 1.41 bits per heavy atom. The second-order valence-electron chi connectivity index (χ2n) is 4.45. The quantitative estimate of drug-likeness (QED) is 0.877. The van der Waals surface area contributed by atoms with E-state index in [1.807, 2.05) is 0 Å². The molecule has 0 amide bonds. The smallest absolute Gasteiger partial charge is 0.184 e. The first-order valence-electron chi connectivity index (χ1n) is 6.11. The fraction of sp³-hybridized carbons (Fsp3) is 0.500. The number of aryl methyl sites for hydroxylation is 2.